The van der Waals surface area contributed by atoms with Gasteiger partial charge in [-0.2, -0.15) is 4.98 Å². The Kier molecular flexibility index (Phi) is 3.39. The molecule has 0 aromatic carbocycles. The standard InChI is InChI=1S/C10H14FN3O3/c1-12-9-7(11)4-14(10(16)13-9)8-3-2-6(5-15)17-8/h4,6,8,15H,2-3,5H2,1H3,(H,12,13,16). The third kappa shape index (κ3) is 2.29. The van der Waals surface area contributed by atoms with Gasteiger partial charge in [0.2, 0.25) is 0 Å². The molecule has 1 saturated heterocycles. The second kappa shape index (κ2) is 4.80. The van der Waals surface area contributed by atoms with Gasteiger partial charge in [-0.05, 0) is 12.8 Å². The van der Waals surface area contributed by atoms with E-state index in [1.54, 1.807) is 0 Å². The highest BCUT2D eigenvalue weighted by molar-refractivity contribution is 5.32. The number of rotatable bonds is 3. The fourth-order valence-corrected chi connectivity index (χ4v) is 1.85. The summed E-state index contributed by atoms with van der Waals surface area (Å²) < 4.78 is 20.0. The summed E-state index contributed by atoms with van der Waals surface area (Å²) in [6.45, 7) is -0.101. The van der Waals surface area contributed by atoms with Gasteiger partial charge in [-0.25, -0.2) is 9.18 Å². The van der Waals surface area contributed by atoms with Gasteiger partial charge in [-0.1, -0.05) is 0 Å². The molecule has 1 aromatic rings. The number of hydrogen-bond donors (Lipinski definition) is 2. The number of halogens is 1. The van der Waals surface area contributed by atoms with Gasteiger partial charge in [0.25, 0.3) is 0 Å². The molecule has 2 N–H and O–H groups in total. The smallest absolute Gasteiger partial charge is 0.351 e. The van der Waals surface area contributed by atoms with Crippen molar-refractivity contribution >= 4 is 5.82 Å². The highest BCUT2D eigenvalue weighted by Gasteiger charge is 2.27. The normalized spacial score (nSPS) is 23.9. The van der Waals surface area contributed by atoms with Crippen LogP contribution in [0.2, 0.25) is 0 Å². The molecule has 1 aromatic heterocycles. The number of nitrogens with zero attached hydrogens (tertiary/aromatic N) is 2. The maximum atomic E-state index is 13.5. The second-order valence-electron chi connectivity index (χ2n) is 3.85. The lowest BCUT2D eigenvalue weighted by Crippen LogP contribution is -2.28. The van der Waals surface area contributed by atoms with Gasteiger partial charge in [0, 0.05) is 7.05 Å². The molecular weight excluding hydrogens is 229 g/mol. The van der Waals surface area contributed by atoms with Gasteiger partial charge in [0.1, 0.15) is 6.23 Å². The SMILES string of the molecule is CNc1nc(=O)n(C2CCC(CO)O2)cc1F. The highest BCUT2D eigenvalue weighted by atomic mass is 19.1. The largest absolute Gasteiger partial charge is 0.394 e. The van der Waals surface area contributed by atoms with E-state index in [2.05, 4.69) is 10.3 Å². The van der Waals surface area contributed by atoms with Gasteiger partial charge in [-0.3, -0.25) is 4.57 Å². The number of hydrogen-bond acceptors (Lipinski definition) is 5. The molecule has 2 rings (SSSR count). The lowest BCUT2D eigenvalue weighted by atomic mass is 10.2. The van der Waals surface area contributed by atoms with E-state index in [0.717, 1.165) is 10.8 Å². The van der Waals surface area contributed by atoms with Crippen molar-refractivity contribution in [3.05, 3.63) is 22.5 Å². The summed E-state index contributed by atoms with van der Waals surface area (Å²) in [6, 6.07) is 0. The molecule has 94 valence electrons. The first-order valence-electron chi connectivity index (χ1n) is 5.38. The number of aliphatic hydroxyl groups is 1. The van der Waals surface area contributed by atoms with Crippen molar-refractivity contribution in [3.63, 3.8) is 0 Å². The fourth-order valence-electron chi connectivity index (χ4n) is 1.85. The molecule has 6 nitrogen and oxygen atoms in total. The summed E-state index contributed by atoms with van der Waals surface area (Å²) in [5.41, 5.74) is -0.570. The van der Waals surface area contributed by atoms with Crippen LogP contribution in [0.15, 0.2) is 11.0 Å². The lowest BCUT2D eigenvalue weighted by Gasteiger charge is -2.15. The van der Waals surface area contributed by atoms with E-state index in [0.29, 0.717) is 12.8 Å². The molecule has 0 bridgehead atoms. The Morgan fingerprint density at radius 3 is 3.06 bits per heavy atom. The molecule has 0 saturated carbocycles. The van der Waals surface area contributed by atoms with E-state index in [1.807, 2.05) is 0 Å². The van der Waals surface area contributed by atoms with Crippen molar-refractivity contribution in [2.75, 3.05) is 19.0 Å². The van der Waals surface area contributed by atoms with Crippen molar-refractivity contribution in [1.29, 1.82) is 0 Å². The summed E-state index contributed by atoms with van der Waals surface area (Å²) in [4.78, 5) is 15.2. The maximum Gasteiger partial charge on any atom is 0.351 e. The first-order chi connectivity index (χ1) is 8.15. The van der Waals surface area contributed by atoms with Crippen LogP contribution < -0.4 is 11.0 Å². The van der Waals surface area contributed by atoms with Crippen LogP contribution in [0.25, 0.3) is 0 Å². The van der Waals surface area contributed by atoms with Gasteiger partial charge in [0.05, 0.1) is 18.9 Å². The van der Waals surface area contributed by atoms with E-state index >= 15 is 0 Å². The Bertz CT molecular complexity index is 463. The molecule has 2 unspecified atom stereocenters. The molecule has 1 fully saturated rings. The Morgan fingerprint density at radius 1 is 1.71 bits per heavy atom. The quantitative estimate of drug-likeness (QED) is 0.787. The first-order valence-corrected chi connectivity index (χ1v) is 5.38. The van der Waals surface area contributed by atoms with E-state index in [1.165, 1.54) is 7.05 Å². The van der Waals surface area contributed by atoms with Gasteiger partial charge in [0.15, 0.2) is 11.6 Å². The monoisotopic (exact) mass is 243 g/mol. The average Bonchev–Trinajstić information content (AvgIpc) is 2.80. The zero-order chi connectivity index (χ0) is 12.4. The van der Waals surface area contributed by atoms with Crippen molar-refractivity contribution in [2.45, 2.75) is 25.2 Å². The molecule has 1 aliphatic rings. The highest BCUT2D eigenvalue weighted by Crippen LogP contribution is 2.27. The molecular formula is C10H14FN3O3. The summed E-state index contributed by atoms with van der Waals surface area (Å²) in [5.74, 6) is -0.689. The van der Waals surface area contributed by atoms with Crippen LogP contribution in [-0.4, -0.2) is 34.4 Å². The van der Waals surface area contributed by atoms with Crippen LogP contribution in [0.1, 0.15) is 19.1 Å². The van der Waals surface area contributed by atoms with Crippen LogP contribution >= 0.6 is 0 Å². The zero-order valence-electron chi connectivity index (χ0n) is 9.39. The molecule has 2 atom stereocenters. The van der Waals surface area contributed by atoms with Crippen molar-refractivity contribution < 1.29 is 14.2 Å². The topological polar surface area (TPSA) is 76.4 Å². The predicted molar refractivity (Wildman–Crippen MR) is 58.2 cm³/mol. The number of aromatic nitrogens is 2. The minimum atomic E-state index is -0.608. The van der Waals surface area contributed by atoms with Crippen molar-refractivity contribution in [3.8, 4) is 0 Å². The van der Waals surface area contributed by atoms with E-state index in [-0.39, 0.29) is 18.5 Å². The Hall–Kier alpha value is -1.47. The van der Waals surface area contributed by atoms with Gasteiger partial charge in [-0.15, -0.1) is 0 Å². The van der Waals surface area contributed by atoms with Crippen LogP contribution in [0.3, 0.4) is 0 Å². The number of ether oxygens (including phenoxy) is 1. The Morgan fingerprint density at radius 2 is 2.47 bits per heavy atom. The molecule has 0 spiro atoms. The second-order valence-corrected chi connectivity index (χ2v) is 3.85. The minimum Gasteiger partial charge on any atom is -0.394 e. The molecule has 1 aliphatic heterocycles. The summed E-state index contributed by atoms with van der Waals surface area (Å²) in [5, 5.41) is 11.4. The summed E-state index contributed by atoms with van der Waals surface area (Å²) in [7, 11) is 1.49. The Labute approximate surface area is 97.0 Å². The average molecular weight is 243 g/mol. The fraction of sp³-hybridized carbons (Fsp3) is 0.600. The van der Waals surface area contributed by atoms with E-state index < -0.39 is 17.7 Å². The van der Waals surface area contributed by atoms with Crippen LogP contribution in [0.4, 0.5) is 10.2 Å². The molecule has 17 heavy (non-hydrogen) atoms. The third-order valence-electron chi connectivity index (χ3n) is 2.74. The first kappa shape index (κ1) is 12.0. The van der Waals surface area contributed by atoms with Gasteiger partial charge < -0.3 is 15.2 Å². The zero-order valence-corrected chi connectivity index (χ0v) is 9.39. The van der Waals surface area contributed by atoms with Crippen molar-refractivity contribution in [2.24, 2.45) is 0 Å². The maximum absolute atomic E-state index is 13.5. The van der Waals surface area contributed by atoms with Crippen LogP contribution in [0.5, 0.6) is 0 Å². The number of aliphatic hydroxyl groups excluding tert-OH is 1. The Balaban J connectivity index is 2.28. The molecule has 0 radical (unpaired) electrons. The van der Waals surface area contributed by atoms with Crippen molar-refractivity contribution in [1.82, 2.24) is 9.55 Å². The summed E-state index contributed by atoms with van der Waals surface area (Å²) >= 11 is 0. The minimum absolute atomic E-state index is 0.0806. The predicted octanol–water partition coefficient (Wildman–Crippen LogP) is 0.0940. The molecule has 0 aliphatic carbocycles. The van der Waals surface area contributed by atoms with E-state index in [4.69, 9.17) is 9.84 Å². The van der Waals surface area contributed by atoms with Crippen LogP contribution in [-0.2, 0) is 4.74 Å². The molecule has 0 amide bonds. The molecule has 7 heteroatoms. The number of nitrogens with one attached hydrogen (secondary N) is 1. The molecule has 2 heterocycles. The van der Waals surface area contributed by atoms with Gasteiger partial charge >= 0.3 is 5.69 Å². The van der Waals surface area contributed by atoms with Crippen LogP contribution in [0, 0.1) is 5.82 Å². The summed E-state index contributed by atoms with van der Waals surface area (Å²) in [6.07, 6.45) is 1.44. The van der Waals surface area contributed by atoms with E-state index in [9.17, 15) is 9.18 Å². The third-order valence-corrected chi connectivity index (χ3v) is 2.74. The lowest BCUT2D eigenvalue weighted by molar-refractivity contribution is -0.0249. The number of anilines is 1.